The summed E-state index contributed by atoms with van der Waals surface area (Å²) in [5.74, 6) is -3.05. The van der Waals surface area contributed by atoms with E-state index in [1.807, 2.05) is 0 Å². The fourth-order valence-electron chi connectivity index (χ4n) is 4.57. The molecule has 2 heterocycles. The molecular weight excluding hydrogens is 537 g/mol. The molecule has 1 atom stereocenters. The Bertz CT molecular complexity index is 1570. The summed E-state index contributed by atoms with van der Waals surface area (Å²) < 4.78 is 5.49. The van der Waals surface area contributed by atoms with Crippen LogP contribution in [0.1, 0.15) is 32.7 Å². The number of nitro benzene ring substituents is 1. The predicted molar refractivity (Wildman–Crippen MR) is 138 cm³/mol. The van der Waals surface area contributed by atoms with Crippen LogP contribution in [0, 0.1) is 23.0 Å². The van der Waals surface area contributed by atoms with Crippen molar-refractivity contribution in [2.45, 2.75) is 13.3 Å². The molecule has 0 aromatic heterocycles. The van der Waals surface area contributed by atoms with E-state index in [0.717, 1.165) is 11.0 Å². The maximum absolute atomic E-state index is 13.0. The van der Waals surface area contributed by atoms with Gasteiger partial charge >= 0.3 is 5.97 Å². The van der Waals surface area contributed by atoms with Crippen LogP contribution < -0.4 is 14.5 Å². The summed E-state index contributed by atoms with van der Waals surface area (Å²) in [5.41, 5.74) is 0.235. The number of ether oxygens (including phenoxy) is 1. The second kappa shape index (κ2) is 9.55. The van der Waals surface area contributed by atoms with Crippen molar-refractivity contribution in [2.24, 2.45) is 5.92 Å². The molecule has 0 saturated carbocycles. The van der Waals surface area contributed by atoms with Crippen LogP contribution in [-0.4, -0.2) is 35.2 Å². The van der Waals surface area contributed by atoms with Gasteiger partial charge in [0.25, 0.3) is 17.5 Å². The molecular formula is C26H17Cl2N3O7. The molecule has 0 unspecified atom stereocenters. The normalized spacial score (nSPS) is 16.7. The number of fused-ring (bicyclic) bond motifs is 1. The molecule has 2 aliphatic heterocycles. The Labute approximate surface area is 225 Å². The molecule has 10 nitrogen and oxygen atoms in total. The summed E-state index contributed by atoms with van der Waals surface area (Å²) in [4.78, 5) is 64.3. The third-order valence-corrected chi connectivity index (χ3v) is 6.93. The number of amides is 3. The number of benzene rings is 3. The minimum atomic E-state index is -0.811. The number of carbonyl (C=O) groups is 4. The Hall–Kier alpha value is -4.28. The molecule has 3 aromatic carbocycles. The zero-order valence-electron chi connectivity index (χ0n) is 19.6. The lowest BCUT2D eigenvalue weighted by Crippen LogP contribution is -2.30. The summed E-state index contributed by atoms with van der Waals surface area (Å²) in [6.07, 6.45) is -0.0768. The lowest BCUT2D eigenvalue weighted by atomic mass is 10.1. The van der Waals surface area contributed by atoms with Gasteiger partial charge in [0.2, 0.25) is 5.91 Å². The number of carbonyl (C=O) groups excluding carboxylic acids is 4. The Kier molecular flexibility index (Phi) is 6.38. The van der Waals surface area contributed by atoms with Gasteiger partial charge in [-0.25, -0.2) is 4.90 Å². The van der Waals surface area contributed by atoms with E-state index in [0.29, 0.717) is 21.3 Å². The van der Waals surface area contributed by atoms with Gasteiger partial charge in [0.1, 0.15) is 11.3 Å². The first-order valence-corrected chi connectivity index (χ1v) is 12.1. The average Bonchev–Trinajstić information content (AvgIpc) is 3.38. The van der Waals surface area contributed by atoms with Gasteiger partial charge in [0.15, 0.2) is 0 Å². The molecule has 3 amide bonds. The number of nitrogens with zero attached hydrogens (tertiary/aromatic N) is 3. The zero-order valence-corrected chi connectivity index (χ0v) is 21.2. The molecule has 0 spiro atoms. The number of anilines is 2. The first kappa shape index (κ1) is 25.4. The summed E-state index contributed by atoms with van der Waals surface area (Å²) in [6, 6.07) is 12.9. The van der Waals surface area contributed by atoms with Crippen LogP contribution in [0.5, 0.6) is 5.75 Å². The Morgan fingerprint density at radius 1 is 1.03 bits per heavy atom. The number of nitro groups is 1. The first-order valence-electron chi connectivity index (χ1n) is 11.3. The van der Waals surface area contributed by atoms with Crippen molar-refractivity contribution in [2.75, 3.05) is 16.3 Å². The van der Waals surface area contributed by atoms with Gasteiger partial charge in [-0.2, -0.15) is 0 Å². The summed E-state index contributed by atoms with van der Waals surface area (Å²) in [6.45, 7) is 1.66. The number of hydrogen-bond donors (Lipinski definition) is 0. The monoisotopic (exact) mass is 553 g/mol. The second-order valence-corrected chi connectivity index (χ2v) is 9.62. The standard InChI is InChI=1S/C26H17Cl2N3O7/c1-13-9-16(38-26(35)14-10-22(32)29(12-14)21-11-15(27)5-7-18(21)28)6-8-19(13)30-24(33)17-3-2-4-20(31(36)37)23(17)25(30)34/h2-9,11,14H,10,12H2,1H3/t14-/m1/s1. The molecule has 3 aromatic rings. The van der Waals surface area contributed by atoms with Crippen LogP contribution in [0.2, 0.25) is 10.0 Å². The van der Waals surface area contributed by atoms with Gasteiger partial charge < -0.3 is 9.64 Å². The van der Waals surface area contributed by atoms with Gasteiger partial charge in [-0.15, -0.1) is 0 Å². The van der Waals surface area contributed by atoms with Crippen LogP contribution in [0.3, 0.4) is 0 Å². The van der Waals surface area contributed by atoms with E-state index >= 15 is 0 Å². The average molecular weight is 554 g/mol. The quantitative estimate of drug-likeness (QED) is 0.143. The van der Waals surface area contributed by atoms with E-state index in [9.17, 15) is 29.3 Å². The third kappa shape index (κ3) is 4.27. The van der Waals surface area contributed by atoms with E-state index < -0.39 is 34.3 Å². The van der Waals surface area contributed by atoms with Crippen LogP contribution in [0.4, 0.5) is 17.1 Å². The Balaban J connectivity index is 1.33. The van der Waals surface area contributed by atoms with Crippen molar-refractivity contribution < 1.29 is 28.8 Å². The van der Waals surface area contributed by atoms with E-state index in [2.05, 4.69) is 0 Å². The number of aryl methyl sites for hydroxylation is 1. The lowest BCUT2D eigenvalue weighted by Gasteiger charge is -2.19. The Morgan fingerprint density at radius 3 is 2.50 bits per heavy atom. The van der Waals surface area contributed by atoms with E-state index in [1.165, 1.54) is 35.2 Å². The molecule has 0 aliphatic carbocycles. The molecule has 5 rings (SSSR count). The first-order chi connectivity index (χ1) is 18.1. The molecule has 12 heteroatoms. The highest BCUT2D eigenvalue weighted by Crippen LogP contribution is 2.37. The molecule has 38 heavy (non-hydrogen) atoms. The maximum Gasteiger partial charge on any atom is 0.316 e. The molecule has 1 fully saturated rings. The SMILES string of the molecule is Cc1cc(OC(=O)[C@@H]2CC(=O)N(c3cc(Cl)ccc3Cl)C2)ccc1N1C(=O)c2cccc([N+](=O)[O-])c2C1=O. The topological polar surface area (TPSA) is 127 Å². The number of imide groups is 1. The highest BCUT2D eigenvalue weighted by molar-refractivity contribution is 6.36. The van der Waals surface area contributed by atoms with Crippen molar-refractivity contribution in [3.05, 3.63) is 91.4 Å². The third-order valence-electron chi connectivity index (χ3n) is 6.37. The van der Waals surface area contributed by atoms with Crippen LogP contribution in [0.25, 0.3) is 0 Å². The number of halogens is 2. The van der Waals surface area contributed by atoms with E-state index in [1.54, 1.807) is 25.1 Å². The van der Waals surface area contributed by atoms with Gasteiger partial charge in [0.05, 0.1) is 32.8 Å². The summed E-state index contributed by atoms with van der Waals surface area (Å²) in [7, 11) is 0. The molecule has 1 saturated heterocycles. The highest BCUT2D eigenvalue weighted by atomic mass is 35.5. The van der Waals surface area contributed by atoms with Crippen LogP contribution in [-0.2, 0) is 9.59 Å². The fourth-order valence-corrected chi connectivity index (χ4v) is 4.96. The van der Waals surface area contributed by atoms with Gasteiger partial charge in [0, 0.05) is 24.1 Å². The second-order valence-electron chi connectivity index (χ2n) is 8.77. The zero-order chi connectivity index (χ0) is 27.3. The maximum atomic E-state index is 13.0. The van der Waals surface area contributed by atoms with Crippen molar-refractivity contribution in [3.8, 4) is 5.75 Å². The minimum absolute atomic E-state index is 0.0581. The lowest BCUT2D eigenvalue weighted by molar-refractivity contribution is -0.385. The van der Waals surface area contributed by atoms with Crippen LogP contribution >= 0.6 is 23.2 Å². The Morgan fingerprint density at radius 2 is 1.79 bits per heavy atom. The molecule has 0 bridgehead atoms. The van der Waals surface area contributed by atoms with Gasteiger partial charge in [-0.3, -0.25) is 29.3 Å². The summed E-state index contributed by atoms with van der Waals surface area (Å²) in [5, 5.41) is 12.1. The van der Waals surface area contributed by atoms with Crippen molar-refractivity contribution in [3.63, 3.8) is 0 Å². The van der Waals surface area contributed by atoms with Gasteiger partial charge in [-0.05, 0) is 55.0 Å². The van der Waals surface area contributed by atoms with Crippen LogP contribution in [0.15, 0.2) is 54.6 Å². The van der Waals surface area contributed by atoms with Gasteiger partial charge in [-0.1, -0.05) is 29.3 Å². The number of esters is 1. The molecule has 0 radical (unpaired) electrons. The number of rotatable bonds is 5. The molecule has 0 N–H and O–H groups in total. The largest absolute Gasteiger partial charge is 0.426 e. The van der Waals surface area contributed by atoms with Crippen molar-refractivity contribution in [1.29, 1.82) is 0 Å². The van der Waals surface area contributed by atoms with Crippen molar-refractivity contribution >= 4 is 64.0 Å². The number of hydrogen-bond acceptors (Lipinski definition) is 7. The minimum Gasteiger partial charge on any atom is -0.426 e. The van der Waals surface area contributed by atoms with Crippen molar-refractivity contribution in [1.82, 2.24) is 0 Å². The molecule has 2 aliphatic rings. The predicted octanol–water partition coefficient (Wildman–Crippen LogP) is 4.97. The molecule has 192 valence electrons. The fraction of sp³-hybridized carbons (Fsp3) is 0.154. The summed E-state index contributed by atoms with van der Waals surface area (Å²) >= 11 is 12.2. The smallest absolute Gasteiger partial charge is 0.316 e. The van der Waals surface area contributed by atoms with E-state index in [-0.39, 0.29) is 41.4 Å². The van der Waals surface area contributed by atoms with E-state index in [4.69, 9.17) is 27.9 Å². The highest BCUT2D eigenvalue weighted by Gasteiger charge is 2.42.